The summed E-state index contributed by atoms with van der Waals surface area (Å²) in [7, 11) is 1.38. The van der Waals surface area contributed by atoms with Crippen molar-refractivity contribution < 1.29 is 14.3 Å². The summed E-state index contributed by atoms with van der Waals surface area (Å²) in [6, 6.07) is 5.41. The van der Waals surface area contributed by atoms with Gasteiger partial charge in [0, 0.05) is 6.54 Å². The number of imidazole rings is 1. The molecule has 1 aliphatic heterocycles. The first-order chi connectivity index (χ1) is 9.20. The van der Waals surface area contributed by atoms with Crippen molar-refractivity contribution in [3.63, 3.8) is 0 Å². The molecule has 0 amide bonds. The molecular formula is C13H13BrN2O3. The van der Waals surface area contributed by atoms with Gasteiger partial charge in [-0.15, -0.1) is 0 Å². The van der Waals surface area contributed by atoms with E-state index in [1.54, 1.807) is 6.07 Å². The van der Waals surface area contributed by atoms with E-state index >= 15 is 0 Å². The van der Waals surface area contributed by atoms with Crippen LogP contribution in [0.3, 0.4) is 0 Å². The maximum atomic E-state index is 11.6. The van der Waals surface area contributed by atoms with E-state index in [-0.39, 0.29) is 10.8 Å². The van der Waals surface area contributed by atoms with Crippen LogP contribution < -0.4 is 0 Å². The van der Waals surface area contributed by atoms with Gasteiger partial charge in [0.1, 0.15) is 5.82 Å². The number of methoxy groups -OCH3 is 1. The number of hydrogen-bond donors (Lipinski definition) is 0. The number of alkyl halides is 1. The summed E-state index contributed by atoms with van der Waals surface area (Å²) in [5, 5.41) is 0. The molecule has 0 N–H and O–H groups in total. The highest BCUT2D eigenvalue weighted by atomic mass is 79.9. The van der Waals surface area contributed by atoms with Gasteiger partial charge in [-0.25, -0.2) is 9.78 Å². The summed E-state index contributed by atoms with van der Waals surface area (Å²) in [5.41, 5.74) is 2.36. The maximum absolute atomic E-state index is 11.6. The van der Waals surface area contributed by atoms with Crippen LogP contribution in [-0.4, -0.2) is 35.8 Å². The van der Waals surface area contributed by atoms with Crippen LogP contribution >= 0.6 is 15.9 Å². The van der Waals surface area contributed by atoms with Crippen molar-refractivity contribution in [2.45, 2.75) is 11.4 Å². The number of hydrogen-bond acceptors (Lipinski definition) is 4. The average Bonchev–Trinajstić information content (AvgIpc) is 2.70. The summed E-state index contributed by atoms with van der Waals surface area (Å²) >= 11 is 3.58. The number of esters is 1. The number of fused-ring (bicyclic) bond motifs is 3. The zero-order chi connectivity index (χ0) is 13.4. The summed E-state index contributed by atoms with van der Waals surface area (Å²) in [6.45, 7) is 1.98. The molecule has 0 aliphatic carbocycles. The number of ether oxygens (including phenoxy) is 2. The second kappa shape index (κ2) is 4.94. The van der Waals surface area contributed by atoms with Crippen LogP contribution in [0.5, 0.6) is 0 Å². The molecule has 3 rings (SSSR count). The van der Waals surface area contributed by atoms with E-state index < -0.39 is 0 Å². The van der Waals surface area contributed by atoms with Crippen LogP contribution in [0, 0.1) is 0 Å². The average molecular weight is 325 g/mol. The molecule has 0 bridgehead atoms. The lowest BCUT2D eigenvalue weighted by Crippen LogP contribution is -2.05. The van der Waals surface area contributed by atoms with Crippen LogP contribution in [0.1, 0.15) is 21.0 Å². The Bertz CT molecular complexity index is 638. The number of aromatic nitrogens is 2. The molecule has 1 unspecified atom stereocenters. The fraction of sp³-hybridized carbons (Fsp3) is 0.385. The molecule has 5 nitrogen and oxygen atoms in total. The van der Waals surface area contributed by atoms with Crippen molar-refractivity contribution in [3.05, 3.63) is 29.6 Å². The van der Waals surface area contributed by atoms with Gasteiger partial charge in [0.15, 0.2) is 0 Å². The zero-order valence-electron chi connectivity index (χ0n) is 10.4. The normalized spacial score (nSPS) is 18.9. The standard InChI is InChI=1S/C13H13BrN2O3/c1-18-13(17)8-2-3-10-11(6-8)16-4-5-19-7-9(14)12(16)15-10/h2-3,6,9H,4-5,7H2,1H3. The number of carbonyl (C=O) groups is 1. The molecule has 2 aromatic rings. The van der Waals surface area contributed by atoms with E-state index in [2.05, 4.69) is 25.5 Å². The summed E-state index contributed by atoms with van der Waals surface area (Å²) in [4.78, 5) is 16.3. The van der Waals surface area contributed by atoms with Crippen LogP contribution in [0.15, 0.2) is 18.2 Å². The Morgan fingerprint density at radius 2 is 2.42 bits per heavy atom. The summed E-state index contributed by atoms with van der Waals surface area (Å²) < 4.78 is 12.3. The third-order valence-corrected chi connectivity index (χ3v) is 3.88. The third-order valence-electron chi connectivity index (χ3n) is 3.20. The fourth-order valence-corrected chi connectivity index (χ4v) is 2.81. The highest BCUT2D eigenvalue weighted by Gasteiger charge is 2.21. The number of nitrogens with zero attached hydrogens (tertiary/aromatic N) is 2. The Kier molecular flexibility index (Phi) is 3.28. The Labute approximate surface area is 118 Å². The largest absolute Gasteiger partial charge is 0.465 e. The molecule has 1 aromatic heterocycles. The van der Waals surface area contributed by atoms with Gasteiger partial charge in [0.05, 0.1) is 41.7 Å². The van der Waals surface area contributed by atoms with Crippen molar-refractivity contribution in [1.82, 2.24) is 9.55 Å². The van der Waals surface area contributed by atoms with Crippen molar-refractivity contribution in [2.24, 2.45) is 0 Å². The van der Waals surface area contributed by atoms with Crippen molar-refractivity contribution in [2.75, 3.05) is 20.3 Å². The van der Waals surface area contributed by atoms with Crippen LogP contribution in [-0.2, 0) is 16.0 Å². The van der Waals surface area contributed by atoms with Crippen molar-refractivity contribution in [1.29, 1.82) is 0 Å². The quantitative estimate of drug-likeness (QED) is 0.596. The SMILES string of the molecule is COC(=O)c1ccc2nc3n(c2c1)CCOCC3Br. The lowest BCUT2D eigenvalue weighted by Gasteiger charge is -2.06. The lowest BCUT2D eigenvalue weighted by molar-refractivity contribution is 0.0601. The van der Waals surface area contributed by atoms with Gasteiger partial charge in [-0.05, 0) is 18.2 Å². The number of halogens is 1. The zero-order valence-corrected chi connectivity index (χ0v) is 12.0. The molecule has 6 heteroatoms. The second-order valence-electron chi connectivity index (χ2n) is 4.36. The smallest absolute Gasteiger partial charge is 0.337 e. The van der Waals surface area contributed by atoms with Gasteiger partial charge in [-0.3, -0.25) is 0 Å². The maximum Gasteiger partial charge on any atom is 0.337 e. The van der Waals surface area contributed by atoms with Gasteiger partial charge in [-0.1, -0.05) is 15.9 Å². The third kappa shape index (κ3) is 2.15. The van der Waals surface area contributed by atoms with E-state index in [4.69, 9.17) is 9.47 Å². The van der Waals surface area contributed by atoms with Gasteiger partial charge in [0.2, 0.25) is 0 Å². The molecule has 1 aromatic carbocycles. The monoisotopic (exact) mass is 324 g/mol. The van der Waals surface area contributed by atoms with Crippen molar-refractivity contribution in [3.8, 4) is 0 Å². The highest BCUT2D eigenvalue weighted by Crippen LogP contribution is 2.29. The minimum Gasteiger partial charge on any atom is -0.465 e. The van der Waals surface area contributed by atoms with E-state index in [9.17, 15) is 4.79 Å². The molecule has 0 spiro atoms. The highest BCUT2D eigenvalue weighted by molar-refractivity contribution is 9.09. The molecule has 100 valence electrons. The van der Waals surface area contributed by atoms with Crippen LogP contribution in [0.2, 0.25) is 0 Å². The van der Waals surface area contributed by atoms with Gasteiger partial charge in [0.25, 0.3) is 0 Å². The molecule has 0 saturated heterocycles. The molecule has 0 radical (unpaired) electrons. The summed E-state index contributed by atoms with van der Waals surface area (Å²) in [5.74, 6) is 0.604. The van der Waals surface area contributed by atoms with Crippen molar-refractivity contribution >= 4 is 32.9 Å². The topological polar surface area (TPSA) is 53.3 Å². The fourth-order valence-electron chi connectivity index (χ4n) is 2.28. The Balaban J connectivity index is 2.17. The first-order valence-corrected chi connectivity index (χ1v) is 6.92. The lowest BCUT2D eigenvalue weighted by atomic mass is 10.2. The van der Waals surface area contributed by atoms with Gasteiger partial charge < -0.3 is 14.0 Å². The molecule has 1 atom stereocenters. The molecule has 0 saturated carbocycles. The molecule has 1 aliphatic rings. The number of rotatable bonds is 1. The van der Waals surface area contributed by atoms with E-state index in [1.807, 2.05) is 12.1 Å². The summed E-state index contributed by atoms with van der Waals surface area (Å²) in [6.07, 6.45) is 0. The molecule has 0 fully saturated rings. The van der Waals surface area contributed by atoms with Crippen LogP contribution in [0.4, 0.5) is 0 Å². The first-order valence-electron chi connectivity index (χ1n) is 6.01. The predicted molar refractivity (Wildman–Crippen MR) is 73.6 cm³/mol. The van der Waals surface area contributed by atoms with Gasteiger partial charge in [-0.2, -0.15) is 0 Å². The Hall–Kier alpha value is -1.40. The van der Waals surface area contributed by atoms with Gasteiger partial charge >= 0.3 is 5.97 Å². The van der Waals surface area contributed by atoms with Crippen LogP contribution in [0.25, 0.3) is 11.0 Å². The predicted octanol–water partition coefficient (Wildman–Crippen LogP) is 2.29. The second-order valence-corrected chi connectivity index (χ2v) is 5.46. The number of carbonyl (C=O) groups excluding carboxylic acids is 1. The molecule has 19 heavy (non-hydrogen) atoms. The van der Waals surface area contributed by atoms with E-state index in [0.29, 0.717) is 18.8 Å². The van der Waals surface area contributed by atoms with E-state index in [0.717, 1.165) is 23.4 Å². The minimum atomic E-state index is -0.335. The Morgan fingerprint density at radius 1 is 1.58 bits per heavy atom. The number of benzene rings is 1. The van der Waals surface area contributed by atoms with E-state index in [1.165, 1.54) is 7.11 Å². The first kappa shape index (κ1) is 12.6. The molecular weight excluding hydrogens is 312 g/mol. The Morgan fingerprint density at radius 3 is 3.21 bits per heavy atom. The minimum absolute atomic E-state index is 0.0731. The molecule has 2 heterocycles.